The minimum Gasteiger partial charge on any atom is -0.471 e. The molecule has 0 atom stereocenters. The zero-order valence-corrected chi connectivity index (χ0v) is 6.25. The molecular formula is C10H6FO. The molecule has 2 aromatic rings. The van der Waals surface area contributed by atoms with E-state index in [0.717, 1.165) is 11.1 Å². The van der Waals surface area contributed by atoms with Gasteiger partial charge in [0.1, 0.15) is 5.82 Å². The topological polar surface area (TPSA) is 13.1 Å². The second kappa shape index (κ2) is 2.81. The van der Waals surface area contributed by atoms with Gasteiger partial charge in [0, 0.05) is 11.6 Å². The Morgan fingerprint density at radius 2 is 1.92 bits per heavy atom. The zero-order chi connectivity index (χ0) is 8.39. The number of benzene rings is 1. The van der Waals surface area contributed by atoms with Gasteiger partial charge in [0.05, 0.1) is 12.5 Å². The summed E-state index contributed by atoms with van der Waals surface area (Å²) < 4.78 is 17.3. The lowest BCUT2D eigenvalue weighted by Crippen LogP contribution is -1.74. The maximum atomic E-state index is 12.5. The molecule has 59 valence electrons. The van der Waals surface area contributed by atoms with Gasteiger partial charge in [-0.2, -0.15) is 0 Å². The van der Waals surface area contributed by atoms with E-state index in [-0.39, 0.29) is 5.82 Å². The smallest absolute Gasteiger partial charge is 0.123 e. The van der Waals surface area contributed by atoms with E-state index in [1.807, 2.05) is 0 Å². The third-order valence-electron chi connectivity index (χ3n) is 1.62. The average molecular weight is 161 g/mol. The number of hydrogen-bond donors (Lipinski definition) is 0. The minimum atomic E-state index is -0.234. The Balaban J connectivity index is 2.43. The fourth-order valence-corrected chi connectivity index (χ4v) is 1.01. The monoisotopic (exact) mass is 161 g/mol. The van der Waals surface area contributed by atoms with Crippen LogP contribution in [0.4, 0.5) is 4.39 Å². The van der Waals surface area contributed by atoms with E-state index in [2.05, 4.69) is 6.07 Å². The third-order valence-corrected chi connectivity index (χ3v) is 1.62. The Bertz CT molecular complexity index is 348. The van der Waals surface area contributed by atoms with Gasteiger partial charge in [-0.1, -0.05) is 12.1 Å². The van der Waals surface area contributed by atoms with Gasteiger partial charge in [-0.25, -0.2) is 4.39 Å². The van der Waals surface area contributed by atoms with Crippen molar-refractivity contribution in [2.45, 2.75) is 0 Å². The van der Waals surface area contributed by atoms with Crippen LogP contribution in [0.3, 0.4) is 0 Å². The van der Waals surface area contributed by atoms with Crippen molar-refractivity contribution in [2.75, 3.05) is 0 Å². The first kappa shape index (κ1) is 7.10. The number of hydrogen-bond acceptors (Lipinski definition) is 1. The van der Waals surface area contributed by atoms with Gasteiger partial charge in [-0.05, 0) is 17.7 Å². The average Bonchev–Trinajstić information content (AvgIpc) is 2.58. The summed E-state index contributed by atoms with van der Waals surface area (Å²) in [6.45, 7) is 0. The van der Waals surface area contributed by atoms with Crippen LogP contribution < -0.4 is 0 Å². The van der Waals surface area contributed by atoms with Gasteiger partial charge in [0.25, 0.3) is 0 Å². The molecule has 0 unspecified atom stereocenters. The molecule has 1 nitrogen and oxygen atoms in total. The molecule has 0 aliphatic heterocycles. The van der Waals surface area contributed by atoms with Crippen LogP contribution in [0.2, 0.25) is 0 Å². The lowest BCUT2D eigenvalue weighted by atomic mass is 10.1. The van der Waals surface area contributed by atoms with Gasteiger partial charge >= 0.3 is 0 Å². The fraction of sp³-hybridized carbons (Fsp3) is 0. The van der Waals surface area contributed by atoms with Crippen molar-refractivity contribution in [3.8, 4) is 11.1 Å². The predicted octanol–water partition coefficient (Wildman–Crippen LogP) is 2.89. The molecule has 0 N–H and O–H groups in total. The maximum absolute atomic E-state index is 12.5. The third kappa shape index (κ3) is 1.23. The standard InChI is InChI=1S/C10H6FO/c11-10-3-1-8(2-4-10)9-5-6-12-7-9/h1-4,6-7H. The van der Waals surface area contributed by atoms with Crippen LogP contribution in [0.1, 0.15) is 0 Å². The van der Waals surface area contributed by atoms with Crippen molar-refractivity contribution in [3.05, 3.63) is 48.7 Å². The van der Waals surface area contributed by atoms with Gasteiger partial charge in [0.2, 0.25) is 0 Å². The summed E-state index contributed by atoms with van der Waals surface area (Å²) in [6, 6.07) is 9.09. The highest BCUT2D eigenvalue weighted by Gasteiger charge is 1.98. The summed E-state index contributed by atoms with van der Waals surface area (Å²) in [4.78, 5) is 0. The lowest BCUT2D eigenvalue weighted by Gasteiger charge is -1.94. The molecule has 0 spiro atoms. The molecule has 2 heteroatoms. The Labute approximate surface area is 69.4 Å². The van der Waals surface area contributed by atoms with Crippen LogP contribution in [0.15, 0.2) is 41.2 Å². The normalized spacial score (nSPS) is 10.1. The van der Waals surface area contributed by atoms with Crippen LogP contribution in [0, 0.1) is 11.9 Å². The molecule has 12 heavy (non-hydrogen) atoms. The summed E-state index contributed by atoms with van der Waals surface area (Å²) in [5.41, 5.74) is 1.75. The van der Waals surface area contributed by atoms with Crippen LogP contribution in [-0.4, -0.2) is 0 Å². The molecule has 1 aromatic carbocycles. The summed E-state index contributed by atoms with van der Waals surface area (Å²) in [5, 5.41) is 0. The molecule has 0 bridgehead atoms. The van der Waals surface area contributed by atoms with Gasteiger partial charge in [-0.15, -0.1) is 0 Å². The van der Waals surface area contributed by atoms with Gasteiger partial charge in [0.15, 0.2) is 0 Å². The van der Waals surface area contributed by atoms with E-state index < -0.39 is 0 Å². The Morgan fingerprint density at radius 1 is 1.17 bits per heavy atom. The van der Waals surface area contributed by atoms with E-state index in [0.29, 0.717) is 0 Å². The van der Waals surface area contributed by atoms with E-state index in [1.165, 1.54) is 18.4 Å². The molecule has 0 aliphatic carbocycles. The molecule has 1 radical (unpaired) electrons. The Kier molecular flexibility index (Phi) is 1.67. The van der Waals surface area contributed by atoms with E-state index >= 15 is 0 Å². The maximum Gasteiger partial charge on any atom is 0.123 e. The number of halogens is 1. The van der Waals surface area contributed by atoms with Crippen molar-refractivity contribution in [2.24, 2.45) is 0 Å². The van der Waals surface area contributed by atoms with E-state index in [9.17, 15) is 4.39 Å². The summed E-state index contributed by atoms with van der Waals surface area (Å²) in [7, 11) is 0. The van der Waals surface area contributed by atoms with Crippen molar-refractivity contribution in [1.82, 2.24) is 0 Å². The zero-order valence-electron chi connectivity index (χ0n) is 6.25. The second-order valence-electron chi connectivity index (χ2n) is 2.44. The SMILES string of the molecule is Fc1ccc(-c2[c]coc2)cc1. The van der Waals surface area contributed by atoms with Crippen LogP contribution in [0.5, 0.6) is 0 Å². The van der Waals surface area contributed by atoms with E-state index in [1.54, 1.807) is 18.4 Å². The molecular weight excluding hydrogens is 155 g/mol. The molecule has 1 heterocycles. The summed E-state index contributed by atoms with van der Waals surface area (Å²) in [5.74, 6) is -0.234. The van der Waals surface area contributed by atoms with E-state index in [4.69, 9.17) is 4.42 Å². The first-order valence-electron chi connectivity index (χ1n) is 3.56. The first-order valence-corrected chi connectivity index (χ1v) is 3.56. The highest BCUT2D eigenvalue weighted by atomic mass is 19.1. The largest absolute Gasteiger partial charge is 0.471 e. The van der Waals surface area contributed by atoms with Gasteiger partial charge in [-0.3, -0.25) is 0 Å². The Morgan fingerprint density at radius 3 is 2.50 bits per heavy atom. The molecule has 0 saturated carbocycles. The van der Waals surface area contributed by atoms with Crippen molar-refractivity contribution in [3.63, 3.8) is 0 Å². The van der Waals surface area contributed by atoms with Gasteiger partial charge < -0.3 is 4.42 Å². The lowest BCUT2D eigenvalue weighted by molar-refractivity contribution is 0.567. The van der Waals surface area contributed by atoms with Crippen LogP contribution in [-0.2, 0) is 0 Å². The number of rotatable bonds is 1. The van der Waals surface area contributed by atoms with Crippen LogP contribution in [0.25, 0.3) is 11.1 Å². The first-order chi connectivity index (χ1) is 5.86. The number of furan rings is 1. The highest BCUT2D eigenvalue weighted by molar-refractivity contribution is 5.60. The quantitative estimate of drug-likeness (QED) is 0.626. The van der Waals surface area contributed by atoms with Crippen molar-refractivity contribution in [1.29, 1.82) is 0 Å². The van der Waals surface area contributed by atoms with Crippen LogP contribution >= 0.6 is 0 Å². The molecule has 0 saturated heterocycles. The molecule has 0 fully saturated rings. The molecule has 2 rings (SSSR count). The minimum absolute atomic E-state index is 0.234. The Hall–Kier alpha value is -1.57. The molecule has 0 aliphatic rings. The summed E-state index contributed by atoms with van der Waals surface area (Å²) in [6.07, 6.45) is 3.05. The van der Waals surface area contributed by atoms with Crippen molar-refractivity contribution < 1.29 is 8.81 Å². The fourth-order valence-electron chi connectivity index (χ4n) is 1.01. The predicted molar refractivity (Wildman–Crippen MR) is 42.9 cm³/mol. The molecule has 1 aromatic heterocycles. The molecule has 0 amide bonds. The summed E-state index contributed by atoms with van der Waals surface area (Å²) >= 11 is 0. The van der Waals surface area contributed by atoms with Crippen molar-refractivity contribution >= 4 is 0 Å². The highest BCUT2D eigenvalue weighted by Crippen LogP contribution is 2.18. The second-order valence-corrected chi connectivity index (χ2v) is 2.44.